The van der Waals surface area contributed by atoms with Gasteiger partial charge in [-0.25, -0.2) is 0 Å². The third kappa shape index (κ3) is 16.4. The van der Waals surface area contributed by atoms with Crippen LogP contribution in [0.25, 0.3) is 0 Å². The van der Waals surface area contributed by atoms with Crippen LogP contribution in [0.15, 0.2) is 115 Å². The van der Waals surface area contributed by atoms with Crippen LogP contribution >= 0.6 is 0 Å². The van der Waals surface area contributed by atoms with Gasteiger partial charge in [0.05, 0.1) is 6.10 Å². The average molecular weight is 503 g/mol. The Hall–Kier alpha value is -2.98. The van der Waals surface area contributed by atoms with Gasteiger partial charge in [0.25, 0.3) is 0 Å². The fourth-order valence-corrected chi connectivity index (χ4v) is 3.73. The zero-order valence-corrected chi connectivity index (χ0v) is 21.4. The summed E-state index contributed by atoms with van der Waals surface area (Å²) in [5, 5.41) is 10.1. The number of benzene rings is 3. The zero-order chi connectivity index (χ0) is 25.1. The first-order valence-electron chi connectivity index (χ1n) is 12.6. The summed E-state index contributed by atoms with van der Waals surface area (Å²) < 4.78 is 0. The van der Waals surface area contributed by atoms with E-state index in [-0.39, 0.29) is 21.0 Å². The number of aliphatic hydroxyl groups is 1. The summed E-state index contributed by atoms with van der Waals surface area (Å²) in [7, 11) is 0. The maximum absolute atomic E-state index is 10.1. The molecule has 1 aliphatic rings. The smallest absolute Gasteiger partial charge is 0.0679 e. The number of rotatable bonds is 8. The predicted octanol–water partition coefficient (Wildman–Crippen LogP) is 7.95. The first-order chi connectivity index (χ1) is 17.1. The van der Waals surface area contributed by atoms with E-state index >= 15 is 0 Å². The Morgan fingerprint density at radius 2 is 1.24 bits per heavy atom. The van der Waals surface area contributed by atoms with E-state index in [0.29, 0.717) is 19.5 Å². The number of nitrogens with two attached hydrogens (primary N) is 1. The lowest BCUT2D eigenvalue weighted by molar-refractivity contribution is 0.0995. The van der Waals surface area contributed by atoms with Crippen LogP contribution in [-0.2, 0) is 13.1 Å². The van der Waals surface area contributed by atoms with Crippen LogP contribution in [0.5, 0.6) is 0 Å². The van der Waals surface area contributed by atoms with Crippen molar-refractivity contribution >= 4 is 0 Å². The number of hydrogen-bond acceptors (Lipinski definition) is 3. The molecule has 202 valence electrons. The first-order valence-corrected chi connectivity index (χ1v) is 12.6. The van der Waals surface area contributed by atoms with Gasteiger partial charge in [-0.15, -0.1) is 0 Å². The molecule has 3 aromatic carbocycles. The van der Waals surface area contributed by atoms with Crippen molar-refractivity contribution in [1.29, 1.82) is 0 Å². The highest BCUT2D eigenvalue weighted by Crippen LogP contribution is 2.11. The van der Waals surface area contributed by atoms with Crippen LogP contribution in [0, 0.1) is 6.92 Å². The minimum atomic E-state index is -0.373. The van der Waals surface area contributed by atoms with Crippen molar-refractivity contribution in [2.45, 2.75) is 67.2 Å². The molecule has 4 rings (SSSR count). The third-order valence-electron chi connectivity index (χ3n) is 5.59. The van der Waals surface area contributed by atoms with E-state index in [1.165, 1.54) is 35.1 Å². The molecule has 1 unspecified atom stereocenters. The SMILES string of the molecule is C.C.CC1=CCCC=C1.Cc1ccccc1.NCCC(O)CN(Cc1ccccc1)Cc1ccccc1. The lowest BCUT2D eigenvalue weighted by Gasteiger charge is -2.25. The fourth-order valence-electron chi connectivity index (χ4n) is 3.73. The fraction of sp³-hybridized carbons (Fsp3) is 0.353. The van der Waals surface area contributed by atoms with E-state index in [1.807, 2.05) is 54.6 Å². The molecule has 0 aromatic heterocycles. The molecule has 0 radical (unpaired) electrons. The van der Waals surface area contributed by atoms with Gasteiger partial charge >= 0.3 is 0 Å². The van der Waals surface area contributed by atoms with Gasteiger partial charge in [0, 0.05) is 19.6 Å². The van der Waals surface area contributed by atoms with E-state index in [1.54, 1.807) is 0 Å². The topological polar surface area (TPSA) is 49.5 Å². The Labute approximate surface area is 227 Å². The van der Waals surface area contributed by atoms with Crippen molar-refractivity contribution in [2.75, 3.05) is 13.1 Å². The molecule has 37 heavy (non-hydrogen) atoms. The van der Waals surface area contributed by atoms with E-state index in [2.05, 4.69) is 73.4 Å². The highest BCUT2D eigenvalue weighted by atomic mass is 16.3. The van der Waals surface area contributed by atoms with Crippen molar-refractivity contribution in [3.8, 4) is 0 Å². The number of aryl methyl sites for hydroxylation is 1. The van der Waals surface area contributed by atoms with E-state index < -0.39 is 0 Å². The second-order valence-corrected chi connectivity index (χ2v) is 8.95. The average Bonchev–Trinajstić information content (AvgIpc) is 2.87. The number of hydrogen-bond donors (Lipinski definition) is 2. The van der Waals surface area contributed by atoms with Crippen LogP contribution in [-0.4, -0.2) is 29.2 Å². The molecule has 0 amide bonds. The van der Waals surface area contributed by atoms with Gasteiger partial charge in [-0.2, -0.15) is 0 Å². The summed E-state index contributed by atoms with van der Waals surface area (Å²) in [5.41, 5.74) is 10.8. The van der Waals surface area contributed by atoms with Crippen LogP contribution in [0.1, 0.15) is 57.7 Å². The maximum atomic E-state index is 10.1. The molecule has 3 heteroatoms. The second-order valence-electron chi connectivity index (χ2n) is 8.95. The molecule has 1 aliphatic carbocycles. The highest BCUT2D eigenvalue weighted by molar-refractivity contribution is 5.19. The number of nitrogens with zero attached hydrogens (tertiary/aromatic N) is 1. The Morgan fingerprint density at radius 3 is 1.57 bits per heavy atom. The van der Waals surface area contributed by atoms with Gasteiger partial charge in [0.2, 0.25) is 0 Å². The van der Waals surface area contributed by atoms with Gasteiger partial charge in [-0.1, -0.05) is 135 Å². The largest absolute Gasteiger partial charge is 0.392 e. The minimum absolute atomic E-state index is 0. The summed E-state index contributed by atoms with van der Waals surface area (Å²) in [5.74, 6) is 0. The quantitative estimate of drug-likeness (QED) is 0.328. The Morgan fingerprint density at radius 1 is 0.757 bits per heavy atom. The normalized spacial score (nSPS) is 12.4. The molecule has 0 aliphatic heterocycles. The van der Waals surface area contributed by atoms with Crippen molar-refractivity contribution in [2.24, 2.45) is 5.73 Å². The van der Waals surface area contributed by atoms with Crippen molar-refractivity contribution in [1.82, 2.24) is 4.90 Å². The molecular formula is C34H50N2O. The Kier molecular flexibility index (Phi) is 19.4. The molecule has 0 saturated carbocycles. The predicted molar refractivity (Wildman–Crippen MR) is 163 cm³/mol. The van der Waals surface area contributed by atoms with Crippen molar-refractivity contribution in [3.05, 3.63) is 131 Å². The Balaban J connectivity index is 0.000000663. The van der Waals surface area contributed by atoms with Gasteiger partial charge in [0.15, 0.2) is 0 Å². The summed E-state index contributed by atoms with van der Waals surface area (Å²) in [6, 6.07) is 31.0. The maximum Gasteiger partial charge on any atom is 0.0679 e. The van der Waals surface area contributed by atoms with Crippen LogP contribution < -0.4 is 5.73 Å². The highest BCUT2D eigenvalue weighted by Gasteiger charge is 2.12. The molecule has 0 fully saturated rings. The molecule has 3 N–H and O–H groups in total. The van der Waals surface area contributed by atoms with Crippen LogP contribution in [0.3, 0.4) is 0 Å². The van der Waals surface area contributed by atoms with Gasteiger partial charge in [0.1, 0.15) is 0 Å². The standard InChI is InChI=1S/C18H24N2O.C7H10.C7H8.2CH4/c19-12-11-18(21)15-20(13-16-7-3-1-4-8-16)14-17-9-5-2-6-10-17;2*1-7-5-3-2-4-6-7;;/h1-10,18,21H,11-15,19H2;3,5-6H,2,4H2,1H3;2-6H,1H3;2*1H4. The molecule has 3 nitrogen and oxygen atoms in total. The molecule has 1 atom stereocenters. The summed E-state index contributed by atoms with van der Waals surface area (Å²) >= 11 is 0. The van der Waals surface area contributed by atoms with E-state index in [4.69, 9.17) is 5.73 Å². The third-order valence-corrected chi connectivity index (χ3v) is 5.59. The summed E-state index contributed by atoms with van der Waals surface area (Å²) in [6.45, 7) is 7.04. The first kappa shape index (κ1) is 34.0. The molecule has 0 heterocycles. The lowest BCUT2D eigenvalue weighted by Crippen LogP contribution is -2.32. The van der Waals surface area contributed by atoms with Crippen molar-refractivity contribution in [3.63, 3.8) is 0 Å². The minimum Gasteiger partial charge on any atom is -0.392 e. The monoisotopic (exact) mass is 502 g/mol. The summed E-state index contributed by atoms with van der Waals surface area (Å²) in [6.07, 6.45) is 9.39. The molecule has 0 spiro atoms. The summed E-state index contributed by atoms with van der Waals surface area (Å²) in [4.78, 5) is 2.27. The molecule has 3 aromatic rings. The van der Waals surface area contributed by atoms with Crippen LogP contribution in [0.4, 0.5) is 0 Å². The lowest BCUT2D eigenvalue weighted by atomic mass is 10.1. The van der Waals surface area contributed by atoms with E-state index in [0.717, 1.165) is 13.1 Å². The number of aliphatic hydroxyl groups excluding tert-OH is 1. The van der Waals surface area contributed by atoms with Crippen molar-refractivity contribution < 1.29 is 5.11 Å². The molecule has 0 bridgehead atoms. The number of allylic oxidation sites excluding steroid dienone is 4. The van der Waals surface area contributed by atoms with Gasteiger partial charge in [-0.05, 0) is 50.8 Å². The van der Waals surface area contributed by atoms with Gasteiger partial charge in [-0.3, -0.25) is 4.90 Å². The molecule has 0 saturated heterocycles. The Bertz CT molecular complexity index is 927. The molecular weight excluding hydrogens is 452 g/mol. The van der Waals surface area contributed by atoms with Crippen LogP contribution in [0.2, 0.25) is 0 Å². The zero-order valence-electron chi connectivity index (χ0n) is 21.4. The van der Waals surface area contributed by atoms with E-state index in [9.17, 15) is 5.11 Å². The van der Waals surface area contributed by atoms with Gasteiger partial charge < -0.3 is 10.8 Å². The second kappa shape index (κ2) is 21.1.